The van der Waals surface area contributed by atoms with Crippen LogP contribution in [0.2, 0.25) is 0 Å². The van der Waals surface area contributed by atoms with E-state index in [-0.39, 0.29) is 0 Å². The molecule has 212 valence electrons. The van der Waals surface area contributed by atoms with E-state index in [2.05, 4.69) is 13.8 Å². The fourth-order valence-electron chi connectivity index (χ4n) is 4.94. The average Bonchev–Trinajstić information content (AvgIpc) is 2.87. The third kappa shape index (κ3) is 33.9. The van der Waals surface area contributed by atoms with Crippen LogP contribution in [0.15, 0.2) is 0 Å². The highest BCUT2D eigenvalue weighted by Gasteiger charge is 1.96. The predicted octanol–water partition coefficient (Wildman–Crippen LogP) is 11.6. The minimum atomic E-state index is 0.774. The van der Waals surface area contributed by atoms with E-state index in [1.54, 1.807) is 0 Å². The molecule has 0 aliphatic rings. The Morgan fingerprint density at radius 3 is 0.657 bits per heavy atom. The van der Waals surface area contributed by atoms with Crippen molar-refractivity contribution in [2.75, 3.05) is 26.4 Å². The van der Waals surface area contributed by atoms with Crippen LogP contribution in [0.5, 0.6) is 0 Å². The molecule has 0 bridgehead atoms. The van der Waals surface area contributed by atoms with Gasteiger partial charge in [0, 0.05) is 13.2 Å². The normalized spacial score (nSPS) is 11.5. The van der Waals surface area contributed by atoms with Gasteiger partial charge in [-0.3, -0.25) is 0 Å². The molecular formula is C33H68O2. The lowest BCUT2D eigenvalue weighted by atomic mass is 10.0. The van der Waals surface area contributed by atoms with Gasteiger partial charge in [0.15, 0.2) is 0 Å². The molecule has 0 aliphatic heterocycles. The third-order valence-electron chi connectivity index (χ3n) is 7.41. The Morgan fingerprint density at radius 2 is 0.429 bits per heavy atom. The van der Waals surface area contributed by atoms with Crippen molar-refractivity contribution in [1.29, 1.82) is 0 Å². The number of unbranched alkanes of at least 4 members (excludes halogenated alkanes) is 25. The van der Waals surface area contributed by atoms with Crippen LogP contribution in [0.25, 0.3) is 0 Å². The number of rotatable bonds is 32. The monoisotopic (exact) mass is 497 g/mol. The van der Waals surface area contributed by atoms with Gasteiger partial charge in [0.2, 0.25) is 0 Å². The summed E-state index contributed by atoms with van der Waals surface area (Å²) in [6, 6.07) is 0. The SMILES string of the molecule is CCCCCCCCCCCCCCCCCCOCCOCCCCCCCCCCCCC. The van der Waals surface area contributed by atoms with Gasteiger partial charge < -0.3 is 9.47 Å². The van der Waals surface area contributed by atoms with Gasteiger partial charge in [0.25, 0.3) is 0 Å². The van der Waals surface area contributed by atoms with Crippen molar-refractivity contribution >= 4 is 0 Å². The van der Waals surface area contributed by atoms with Crippen LogP contribution in [-0.2, 0) is 9.47 Å². The Kier molecular flexibility index (Phi) is 33.8. The predicted molar refractivity (Wildman–Crippen MR) is 158 cm³/mol. The van der Waals surface area contributed by atoms with E-state index in [0.717, 1.165) is 26.4 Å². The summed E-state index contributed by atoms with van der Waals surface area (Å²) < 4.78 is 11.5. The second-order valence-electron chi connectivity index (χ2n) is 11.1. The van der Waals surface area contributed by atoms with Crippen LogP contribution >= 0.6 is 0 Å². The molecule has 0 amide bonds. The maximum atomic E-state index is 5.73. The van der Waals surface area contributed by atoms with Crippen LogP contribution in [0.3, 0.4) is 0 Å². The van der Waals surface area contributed by atoms with Crippen molar-refractivity contribution in [3.8, 4) is 0 Å². The van der Waals surface area contributed by atoms with Gasteiger partial charge in [-0.2, -0.15) is 0 Å². The lowest BCUT2D eigenvalue weighted by Gasteiger charge is -2.06. The first-order valence-electron chi connectivity index (χ1n) is 16.6. The molecule has 0 aliphatic carbocycles. The zero-order chi connectivity index (χ0) is 25.3. The van der Waals surface area contributed by atoms with Gasteiger partial charge in [0.1, 0.15) is 0 Å². The zero-order valence-electron chi connectivity index (χ0n) is 24.7. The first-order chi connectivity index (χ1) is 17.4. The Balaban J connectivity index is 3.00. The highest BCUT2D eigenvalue weighted by molar-refractivity contribution is 4.51. The van der Waals surface area contributed by atoms with E-state index in [0.29, 0.717) is 0 Å². The third-order valence-corrected chi connectivity index (χ3v) is 7.41. The van der Waals surface area contributed by atoms with Crippen LogP contribution in [0.1, 0.15) is 187 Å². The number of hydrogen-bond acceptors (Lipinski definition) is 2. The average molecular weight is 497 g/mol. The van der Waals surface area contributed by atoms with E-state index in [1.165, 1.54) is 173 Å². The smallest absolute Gasteiger partial charge is 0.0700 e. The second kappa shape index (κ2) is 33.9. The molecule has 0 atom stereocenters. The summed E-state index contributed by atoms with van der Waals surface area (Å²) in [7, 11) is 0. The van der Waals surface area contributed by atoms with E-state index < -0.39 is 0 Å². The molecule has 0 saturated carbocycles. The maximum absolute atomic E-state index is 5.73. The van der Waals surface area contributed by atoms with Crippen LogP contribution in [-0.4, -0.2) is 26.4 Å². The molecule has 0 spiro atoms. The van der Waals surface area contributed by atoms with Crippen molar-refractivity contribution < 1.29 is 9.47 Å². The fraction of sp³-hybridized carbons (Fsp3) is 1.00. The minimum Gasteiger partial charge on any atom is -0.379 e. The topological polar surface area (TPSA) is 18.5 Å². The Hall–Kier alpha value is -0.0800. The molecule has 0 unspecified atom stereocenters. The van der Waals surface area contributed by atoms with Crippen LogP contribution in [0.4, 0.5) is 0 Å². The van der Waals surface area contributed by atoms with Crippen molar-refractivity contribution in [3.63, 3.8) is 0 Å². The Morgan fingerprint density at radius 1 is 0.229 bits per heavy atom. The molecule has 0 saturated heterocycles. The fourth-order valence-corrected chi connectivity index (χ4v) is 4.94. The lowest BCUT2D eigenvalue weighted by Crippen LogP contribution is -2.06. The summed E-state index contributed by atoms with van der Waals surface area (Å²) >= 11 is 0. The minimum absolute atomic E-state index is 0.774. The molecule has 0 fully saturated rings. The van der Waals surface area contributed by atoms with Gasteiger partial charge in [-0.15, -0.1) is 0 Å². The molecule has 0 aromatic carbocycles. The first-order valence-corrected chi connectivity index (χ1v) is 16.6. The van der Waals surface area contributed by atoms with Crippen LogP contribution < -0.4 is 0 Å². The molecule has 0 rings (SSSR count). The number of ether oxygens (including phenoxy) is 2. The van der Waals surface area contributed by atoms with Crippen molar-refractivity contribution in [3.05, 3.63) is 0 Å². The highest BCUT2D eigenvalue weighted by Crippen LogP contribution is 2.14. The maximum Gasteiger partial charge on any atom is 0.0700 e. The summed E-state index contributed by atoms with van der Waals surface area (Å²) in [6.07, 6.45) is 38.1. The van der Waals surface area contributed by atoms with Gasteiger partial charge in [-0.05, 0) is 12.8 Å². The summed E-state index contributed by atoms with van der Waals surface area (Å²) in [5.74, 6) is 0. The molecule has 0 N–H and O–H groups in total. The largest absolute Gasteiger partial charge is 0.379 e. The summed E-state index contributed by atoms with van der Waals surface area (Å²) in [5, 5.41) is 0. The van der Waals surface area contributed by atoms with Gasteiger partial charge in [0.05, 0.1) is 13.2 Å². The van der Waals surface area contributed by atoms with Gasteiger partial charge in [-0.1, -0.05) is 174 Å². The van der Waals surface area contributed by atoms with E-state index >= 15 is 0 Å². The molecule has 35 heavy (non-hydrogen) atoms. The van der Waals surface area contributed by atoms with Gasteiger partial charge >= 0.3 is 0 Å². The number of hydrogen-bond donors (Lipinski definition) is 0. The molecule has 0 heterocycles. The van der Waals surface area contributed by atoms with E-state index in [9.17, 15) is 0 Å². The quantitative estimate of drug-likeness (QED) is 0.0862. The molecule has 2 heteroatoms. The first kappa shape index (κ1) is 34.9. The molecule has 0 aromatic rings. The van der Waals surface area contributed by atoms with E-state index in [4.69, 9.17) is 9.47 Å². The van der Waals surface area contributed by atoms with Crippen molar-refractivity contribution in [1.82, 2.24) is 0 Å². The summed E-state index contributed by atoms with van der Waals surface area (Å²) in [4.78, 5) is 0. The van der Waals surface area contributed by atoms with Crippen molar-refractivity contribution in [2.45, 2.75) is 187 Å². The standard InChI is InChI=1S/C33H68O2/c1-3-5-7-9-11-13-15-16-17-18-19-21-23-25-27-29-31-35-33-32-34-30-28-26-24-22-20-14-12-10-8-6-4-2/h3-33H2,1-2H3. The van der Waals surface area contributed by atoms with E-state index in [1.807, 2.05) is 0 Å². The molecule has 2 nitrogen and oxygen atoms in total. The second-order valence-corrected chi connectivity index (χ2v) is 11.1. The Labute approximate surface area is 223 Å². The van der Waals surface area contributed by atoms with Gasteiger partial charge in [-0.25, -0.2) is 0 Å². The molecular weight excluding hydrogens is 428 g/mol. The molecule has 0 aromatic heterocycles. The highest BCUT2D eigenvalue weighted by atomic mass is 16.5. The molecule has 0 radical (unpaired) electrons. The zero-order valence-corrected chi connectivity index (χ0v) is 24.7. The summed E-state index contributed by atoms with van der Waals surface area (Å²) in [5.41, 5.74) is 0. The van der Waals surface area contributed by atoms with Crippen LogP contribution in [0, 0.1) is 0 Å². The lowest BCUT2D eigenvalue weighted by molar-refractivity contribution is 0.0448. The summed E-state index contributed by atoms with van der Waals surface area (Å²) in [6.45, 7) is 7.97. The Bertz CT molecular complexity index is 312. The van der Waals surface area contributed by atoms with Crippen molar-refractivity contribution in [2.24, 2.45) is 0 Å².